The molecule has 0 radical (unpaired) electrons. The molecule has 3 heteroatoms. The number of hydrogen-bond acceptors (Lipinski definition) is 2. The van der Waals surface area contributed by atoms with Gasteiger partial charge in [0.1, 0.15) is 5.75 Å². The maximum atomic E-state index is 10.7. The summed E-state index contributed by atoms with van der Waals surface area (Å²) in [5.74, 6) is 0.853. The fourth-order valence-corrected chi connectivity index (χ4v) is 2.92. The number of aliphatic hydroxyl groups is 1. The molecule has 0 saturated heterocycles. The lowest BCUT2D eigenvalue weighted by molar-refractivity contribution is 0.0473. The molecule has 0 aliphatic carbocycles. The highest BCUT2D eigenvalue weighted by Gasteiger charge is 2.24. The molecule has 2 aromatic rings. The molecule has 0 heterocycles. The highest BCUT2D eigenvalue weighted by molar-refractivity contribution is 9.10. The third-order valence-corrected chi connectivity index (χ3v) is 4.21. The van der Waals surface area contributed by atoms with Crippen molar-refractivity contribution in [2.45, 2.75) is 25.4 Å². The molecule has 0 saturated carbocycles. The van der Waals surface area contributed by atoms with Crippen molar-refractivity contribution in [3.63, 3.8) is 0 Å². The average Bonchev–Trinajstić information content (AvgIpc) is 2.46. The van der Waals surface area contributed by atoms with Crippen LogP contribution in [-0.4, -0.2) is 12.2 Å². The third-order valence-electron chi connectivity index (χ3n) is 3.51. The zero-order chi connectivity index (χ0) is 14.6. The molecule has 0 aromatic heterocycles. The van der Waals surface area contributed by atoms with Gasteiger partial charge in [-0.25, -0.2) is 0 Å². The van der Waals surface area contributed by atoms with Gasteiger partial charge in [-0.15, -0.1) is 0 Å². The third kappa shape index (κ3) is 3.62. The summed E-state index contributed by atoms with van der Waals surface area (Å²) in [7, 11) is 1.66. The van der Waals surface area contributed by atoms with Gasteiger partial charge in [-0.1, -0.05) is 46.3 Å². The van der Waals surface area contributed by atoms with Crippen molar-refractivity contribution in [3.05, 3.63) is 64.1 Å². The second-order valence-electron chi connectivity index (χ2n) is 5.10. The summed E-state index contributed by atoms with van der Waals surface area (Å²) in [5.41, 5.74) is 1.27. The largest absolute Gasteiger partial charge is 0.497 e. The van der Waals surface area contributed by atoms with Crippen LogP contribution in [0, 0.1) is 0 Å². The van der Waals surface area contributed by atoms with Crippen LogP contribution in [0.3, 0.4) is 0 Å². The maximum Gasteiger partial charge on any atom is 0.118 e. The smallest absolute Gasteiger partial charge is 0.118 e. The number of methoxy groups -OCH3 is 1. The summed E-state index contributed by atoms with van der Waals surface area (Å²) in [6.07, 6.45) is 1.49. The summed E-state index contributed by atoms with van der Waals surface area (Å²) in [4.78, 5) is 0. The van der Waals surface area contributed by atoms with Gasteiger partial charge in [-0.2, -0.15) is 0 Å². The zero-order valence-electron chi connectivity index (χ0n) is 11.8. The number of halogens is 1. The van der Waals surface area contributed by atoms with Crippen LogP contribution in [-0.2, 0) is 12.0 Å². The molecule has 0 bridgehead atoms. The Hall–Kier alpha value is -1.32. The molecule has 1 atom stereocenters. The second kappa shape index (κ2) is 6.42. The van der Waals surface area contributed by atoms with E-state index in [2.05, 4.69) is 15.9 Å². The Morgan fingerprint density at radius 3 is 2.35 bits per heavy atom. The van der Waals surface area contributed by atoms with Crippen molar-refractivity contribution in [1.82, 2.24) is 0 Å². The summed E-state index contributed by atoms with van der Waals surface area (Å²) in [5, 5.41) is 10.7. The van der Waals surface area contributed by atoms with Crippen molar-refractivity contribution in [1.29, 1.82) is 0 Å². The molecule has 20 heavy (non-hydrogen) atoms. The van der Waals surface area contributed by atoms with Crippen LogP contribution in [0.25, 0.3) is 0 Å². The van der Waals surface area contributed by atoms with Crippen LogP contribution >= 0.6 is 15.9 Å². The van der Waals surface area contributed by atoms with Crippen LogP contribution in [0.1, 0.15) is 24.5 Å². The lowest BCUT2D eigenvalue weighted by Crippen LogP contribution is -2.22. The van der Waals surface area contributed by atoms with E-state index < -0.39 is 5.60 Å². The summed E-state index contributed by atoms with van der Waals surface area (Å²) in [6, 6.07) is 15.8. The molecule has 0 aliphatic heterocycles. The highest BCUT2D eigenvalue weighted by atomic mass is 79.9. The van der Waals surface area contributed by atoms with Gasteiger partial charge in [-0.3, -0.25) is 0 Å². The second-order valence-corrected chi connectivity index (χ2v) is 5.96. The van der Waals surface area contributed by atoms with E-state index in [1.807, 2.05) is 55.5 Å². The molecule has 2 rings (SSSR count). The minimum atomic E-state index is -0.847. The Bertz CT molecular complexity index is 561. The van der Waals surface area contributed by atoms with Gasteiger partial charge in [-0.05, 0) is 49.1 Å². The Kier molecular flexibility index (Phi) is 4.84. The van der Waals surface area contributed by atoms with E-state index in [4.69, 9.17) is 4.74 Å². The topological polar surface area (TPSA) is 29.5 Å². The summed E-state index contributed by atoms with van der Waals surface area (Å²) >= 11 is 3.50. The lowest BCUT2D eigenvalue weighted by atomic mass is 9.89. The van der Waals surface area contributed by atoms with Gasteiger partial charge < -0.3 is 9.84 Å². The number of benzene rings is 2. The van der Waals surface area contributed by atoms with Gasteiger partial charge in [0.15, 0.2) is 0 Å². The Morgan fingerprint density at radius 2 is 1.75 bits per heavy atom. The molecule has 0 spiro atoms. The molecule has 106 valence electrons. The van der Waals surface area contributed by atoms with E-state index in [1.54, 1.807) is 7.11 Å². The molecule has 0 fully saturated rings. The lowest BCUT2D eigenvalue weighted by Gasteiger charge is -2.25. The van der Waals surface area contributed by atoms with Gasteiger partial charge in [0.25, 0.3) is 0 Å². The van der Waals surface area contributed by atoms with Crippen LogP contribution in [0.2, 0.25) is 0 Å². The van der Waals surface area contributed by atoms with Crippen LogP contribution < -0.4 is 4.74 Å². The van der Waals surface area contributed by atoms with Crippen LogP contribution in [0.5, 0.6) is 5.75 Å². The number of hydrogen-bond donors (Lipinski definition) is 1. The zero-order valence-corrected chi connectivity index (χ0v) is 13.4. The van der Waals surface area contributed by atoms with Gasteiger partial charge in [0.2, 0.25) is 0 Å². The molecule has 1 N–H and O–H groups in total. The highest BCUT2D eigenvalue weighted by Crippen LogP contribution is 2.31. The first kappa shape index (κ1) is 15.1. The number of rotatable bonds is 5. The van der Waals surface area contributed by atoms with E-state index in [0.29, 0.717) is 6.42 Å². The molecule has 1 unspecified atom stereocenters. The SMILES string of the molecule is COc1ccc(CCC(C)(O)c2ccccc2Br)cc1. The Morgan fingerprint density at radius 1 is 1.10 bits per heavy atom. The first-order valence-corrected chi connectivity index (χ1v) is 7.42. The van der Waals surface area contributed by atoms with Gasteiger partial charge in [0.05, 0.1) is 12.7 Å². The molecule has 0 amide bonds. The predicted molar refractivity (Wildman–Crippen MR) is 85.0 cm³/mol. The first-order valence-electron chi connectivity index (χ1n) is 6.63. The van der Waals surface area contributed by atoms with Crippen molar-refractivity contribution in [2.75, 3.05) is 7.11 Å². The molecule has 2 nitrogen and oxygen atoms in total. The van der Waals surface area contributed by atoms with Gasteiger partial charge in [0, 0.05) is 4.47 Å². The standard InChI is InChI=1S/C17H19BrO2/c1-17(19,15-5-3-4-6-16(15)18)12-11-13-7-9-14(20-2)10-8-13/h3-10,19H,11-12H2,1-2H3. The monoisotopic (exact) mass is 334 g/mol. The Labute approximate surface area is 128 Å². The van der Waals surface area contributed by atoms with E-state index in [9.17, 15) is 5.11 Å². The van der Waals surface area contributed by atoms with Gasteiger partial charge >= 0.3 is 0 Å². The molecular formula is C17H19BrO2. The Balaban J connectivity index is 2.07. The minimum absolute atomic E-state index is 0.669. The normalized spacial score (nSPS) is 13.8. The van der Waals surface area contributed by atoms with E-state index in [0.717, 1.165) is 22.2 Å². The van der Waals surface area contributed by atoms with E-state index in [-0.39, 0.29) is 0 Å². The van der Waals surface area contributed by atoms with E-state index in [1.165, 1.54) is 5.56 Å². The van der Waals surface area contributed by atoms with Crippen LogP contribution in [0.4, 0.5) is 0 Å². The number of ether oxygens (including phenoxy) is 1. The molecule has 2 aromatic carbocycles. The summed E-state index contributed by atoms with van der Waals surface area (Å²) < 4.78 is 6.09. The first-order chi connectivity index (χ1) is 9.53. The molecule has 0 aliphatic rings. The van der Waals surface area contributed by atoms with Crippen molar-refractivity contribution in [3.8, 4) is 5.75 Å². The predicted octanol–water partition coefficient (Wildman–Crippen LogP) is 4.30. The van der Waals surface area contributed by atoms with Crippen molar-refractivity contribution in [2.24, 2.45) is 0 Å². The summed E-state index contributed by atoms with van der Waals surface area (Å²) in [6.45, 7) is 1.86. The fourth-order valence-electron chi connectivity index (χ4n) is 2.21. The van der Waals surface area contributed by atoms with E-state index >= 15 is 0 Å². The maximum absolute atomic E-state index is 10.7. The average molecular weight is 335 g/mol. The fraction of sp³-hybridized carbons (Fsp3) is 0.294. The van der Waals surface area contributed by atoms with Crippen molar-refractivity contribution >= 4 is 15.9 Å². The minimum Gasteiger partial charge on any atom is -0.497 e. The molecular weight excluding hydrogens is 316 g/mol. The van der Waals surface area contributed by atoms with Crippen LogP contribution in [0.15, 0.2) is 53.0 Å². The van der Waals surface area contributed by atoms with Crippen molar-refractivity contribution < 1.29 is 9.84 Å². The number of aryl methyl sites for hydroxylation is 1. The quantitative estimate of drug-likeness (QED) is 0.883.